The number of ether oxygens (including phenoxy) is 2. The summed E-state index contributed by atoms with van der Waals surface area (Å²) < 4.78 is 36.1. The molecule has 2 aromatic heterocycles. The van der Waals surface area contributed by atoms with Gasteiger partial charge in [0.05, 0.1) is 6.54 Å². The van der Waals surface area contributed by atoms with Crippen molar-refractivity contribution in [2.75, 3.05) is 13.7 Å². The lowest BCUT2D eigenvalue weighted by atomic mass is 10.1. The van der Waals surface area contributed by atoms with Gasteiger partial charge in [0.15, 0.2) is 5.82 Å². The van der Waals surface area contributed by atoms with Crippen molar-refractivity contribution in [1.29, 1.82) is 0 Å². The predicted molar refractivity (Wildman–Crippen MR) is 86.0 cm³/mol. The first kappa shape index (κ1) is 18.2. The minimum absolute atomic E-state index is 0.112. The van der Waals surface area contributed by atoms with Crippen LogP contribution in [0.5, 0.6) is 5.75 Å². The highest BCUT2D eigenvalue weighted by molar-refractivity contribution is 5.92. The van der Waals surface area contributed by atoms with Crippen molar-refractivity contribution in [2.24, 2.45) is 0 Å². The molecule has 1 unspecified atom stereocenters. The van der Waals surface area contributed by atoms with Gasteiger partial charge in [-0.3, -0.25) is 9.78 Å². The van der Waals surface area contributed by atoms with Gasteiger partial charge in [-0.2, -0.15) is 5.10 Å². The quantitative estimate of drug-likeness (QED) is 0.791. The van der Waals surface area contributed by atoms with Crippen molar-refractivity contribution in [3.63, 3.8) is 0 Å². The lowest BCUT2D eigenvalue weighted by Crippen LogP contribution is -2.41. The predicted octanol–water partition coefficient (Wildman–Crippen LogP) is 1.21. The van der Waals surface area contributed by atoms with Crippen molar-refractivity contribution >= 4 is 5.91 Å². The van der Waals surface area contributed by atoms with Crippen LogP contribution in [-0.4, -0.2) is 51.8 Å². The van der Waals surface area contributed by atoms with Crippen molar-refractivity contribution < 1.29 is 23.0 Å². The zero-order chi connectivity index (χ0) is 18.5. The third-order valence-corrected chi connectivity index (χ3v) is 3.85. The van der Waals surface area contributed by atoms with Gasteiger partial charge in [0.2, 0.25) is 0 Å². The molecule has 0 fully saturated rings. The van der Waals surface area contributed by atoms with Gasteiger partial charge in [0.25, 0.3) is 12.3 Å². The van der Waals surface area contributed by atoms with Gasteiger partial charge >= 0.3 is 0 Å². The molecule has 3 heterocycles. The first-order valence-electron chi connectivity index (χ1n) is 8.14. The fourth-order valence-corrected chi connectivity index (χ4v) is 2.71. The van der Waals surface area contributed by atoms with Gasteiger partial charge in [-0.15, -0.1) is 0 Å². The maximum absolute atomic E-state index is 12.4. The number of rotatable bonds is 7. The minimum atomic E-state index is -2.58. The molecule has 2 aromatic rings. The Labute approximate surface area is 148 Å². The van der Waals surface area contributed by atoms with E-state index in [4.69, 9.17) is 9.47 Å². The van der Waals surface area contributed by atoms with Crippen molar-refractivity contribution in [3.8, 4) is 5.75 Å². The van der Waals surface area contributed by atoms with Crippen LogP contribution in [0.3, 0.4) is 0 Å². The van der Waals surface area contributed by atoms with Gasteiger partial charge in [0, 0.05) is 31.8 Å². The molecule has 26 heavy (non-hydrogen) atoms. The van der Waals surface area contributed by atoms with Crippen molar-refractivity contribution in [1.82, 2.24) is 25.1 Å². The van der Waals surface area contributed by atoms with Crippen LogP contribution >= 0.6 is 0 Å². The topological polar surface area (TPSA) is 91.2 Å². The number of hydrogen-bond donors (Lipinski definition) is 1. The van der Waals surface area contributed by atoms with E-state index < -0.39 is 18.9 Å². The van der Waals surface area contributed by atoms with E-state index in [0.717, 1.165) is 12.2 Å². The van der Waals surface area contributed by atoms with Gasteiger partial charge in [-0.1, -0.05) is 0 Å². The summed E-state index contributed by atoms with van der Waals surface area (Å²) in [6.07, 6.45) is 0.177. The normalized spacial score (nSPS) is 16.4. The summed E-state index contributed by atoms with van der Waals surface area (Å²) in [6.45, 7) is 0.109. The summed E-state index contributed by atoms with van der Waals surface area (Å²) in [5, 5.41) is 7.23. The number of nitrogens with one attached hydrogen (secondary N) is 1. The molecule has 0 aromatic carbocycles. The molecule has 1 aliphatic heterocycles. The molecular weight excluding hydrogens is 348 g/mol. The molecule has 10 heteroatoms. The molecule has 0 saturated heterocycles. The molecule has 0 spiro atoms. The smallest absolute Gasteiger partial charge is 0.272 e. The first-order valence-corrected chi connectivity index (χ1v) is 8.14. The molecule has 3 rings (SSSR count). The Kier molecular flexibility index (Phi) is 5.71. The highest BCUT2D eigenvalue weighted by atomic mass is 19.3. The number of aromatic nitrogens is 4. The van der Waals surface area contributed by atoms with Crippen LogP contribution in [0, 0.1) is 0 Å². The highest BCUT2D eigenvalue weighted by Gasteiger charge is 2.24. The first-order chi connectivity index (χ1) is 12.5. The Balaban J connectivity index is 1.60. The highest BCUT2D eigenvalue weighted by Crippen LogP contribution is 2.15. The number of halogens is 2. The van der Waals surface area contributed by atoms with E-state index in [0.29, 0.717) is 25.4 Å². The summed E-state index contributed by atoms with van der Waals surface area (Å²) in [7, 11) is 1.58. The SMILES string of the molecule is COCc1nc2n(n1)CC(NC(=O)c1cc(OCC(F)F)ccn1)CC2. The zero-order valence-electron chi connectivity index (χ0n) is 14.2. The monoisotopic (exact) mass is 367 g/mol. The number of methoxy groups -OCH3 is 1. The van der Waals surface area contributed by atoms with E-state index in [1.165, 1.54) is 18.3 Å². The van der Waals surface area contributed by atoms with E-state index in [1.54, 1.807) is 11.8 Å². The number of amides is 1. The summed E-state index contributed by atoms with van der Waals surface area (Å²) in [4.78, 5) is 20.7. The fraction of sp³-hybridized carbons (Fsp3) is 0.500. The Hall–Kier alpha value is -2.62. The second-order valence-corrected chi connectivity index (χ2v) is 5.85. The van der Waals surface area contributed by atoms with E-state index in [-0.39, 0.29) is 17.5 Å². The van der Waals surface area contributed by atoms with Gasteiger partial charge in [-0.05, 0) is 12.5 Å². The maximum Gasteiger partial charge on any atom is 0.272 e. The Bertz CT molecular complexity index is 768. The molecule has 8 nitrogen and oxygen atoms in total. The molecule has 1 amide bonds. The van der Waals surface area contributed by atoms with Crippen LogP contribution in [-0.2, 0) is 24.3 Å². The van der Waals surface area contributed by atoms with Crippen LogP contribution in [0.15, 0.2) is 18.3 Å². The number of fused-ring (bicyclic) bond motifs is 1. The van der Waals surface area contributed by atoms with E-state index >= 15 is 0 Å². The Morgan fingerprint density at radius 3 is 3.12 bits per heavy atom. The lowest BCUT2D eigenvalue weighted by molar-refractivity contribution is 0.0816. The number of carbonyl (C=O) groups excluding carboxylic acids is 1. The molecule has 1 aliphatic rings. The summed E-state index contributed by atoms with van der Waals surface area (Å²) in [5.74, 6) is 1.26. The van der Waals surface area contributed by atoms with Crippen molar-refractivity contribution in [3.05, 3.63) is 35.7 Å². The molecule has 0 radical (unpaired) electrons. The van der Waals surface area contributed by atoms with Crippen LogP contribution in [0.1, 0.15) is 28.6 Å². The molecule has 0 saturated carbocycles. The largest absolute Gasteiger partial charge is 0.488 e. The number of hydrogen-bond acceptors (Lipinski definition) is 6. The average molecular weight is 367 g/mol. The summed E-state index contributed by atoms with van der Waals surface area (Å²) >= 11 is 0. The van der Waals surface area contributed by atoms with Crippen LogP contribution in [0.25, 0.3) is 0 Å². The second-order valence-electron chi connectivity index (χ2n) is 5.85. The Morgan fingerprint density at radius 1 is 1.50 bits per heavy atom. The molecule has 0 bridgehead atoms. The second kappa shape index (κ2) is 8.17. The molecule has 1 atom stereocenters. The summed E-state index contributed by atoms with van der Waals surface area (Å²) in [6, 6.07) is 2.65. The van der Waals surface area contributed by atoms with E-state index in [2.05, 4.69) is 20.4 Å². The Morgan fingerprint density at radius 2 is 2.35 bits per heavy atom. The zero-order valence-corrected chi connectivity index (χ0v) is 14.2. The molecule has 140 valence electrons. The summed E-state index contributed by atoms with van der Waals surface area (Å²) in [5.41, 5.74) is 0.112. The van der Waals surface area contributed by atoms with Crippen LogP contribution in [0.4, 0.5) is 8.78 Å². The molecular formula is C16H19F2N5O3. The standard InChI is InChI=1S/C16H19F2N5O3/c1-25-9-14-21-15-3-2-10(7-23(15)22-14)20-16(24)12-6-11(4-5-19-12)26-8-13(17)18/h4-6,10,13H,2-3,7-9H2,1H3,(H,20,24). The minimum Gasteiger partial charge on any atom is -0.488 e. The number of pyridine rings is 1. The van der Waals surface area contributed by atoms with Gasteiger partial charge in [0.1, 0.15) is 30.5 Å². The van der Waals surface area contributed by atoms with E-state index in [9.17, 15) is 13.6 Å². The third kappa shape index (κ3) is 4.51. The van der Waals surface area contributed by atoms with Crippen LogP contribution in [0.2, 0.25) is 0 Å². The average Bonchev–Trinajstić information content (AvgIpc) is 3.02. The molecule has 1 N–H and O–H groups in total. The van der Waals surface area contributed by atoms with E-state index in [1.807, 2.05) is 0 Å². The third-order valence-electron chi connectivity index (χ3n) is 3.85. The lowest BCUT2D eigenvalue weighted by Gasteiger charge is -2.23. The van der Waals surface area contributed by atoms with Crippen LogP contribution < -0.4 is 10.1 Å². The molecule has 0 aliphatic carbocycles. The number of aryl methyl sites for hydroxylation is 1. The number of carbonyl (C=O) groups is 1. The van der Waals surface area contributed by atoms with Crippen molar-refractivity contribution in [2.45, 2.75) is 38.5 Å². The fourth-order valence-electron chi connectivity index (χ4n) is 2.71. The van der Waals surface area contributed by atoms with Gasteiger partial charge < -0.3 is 14.8 Å². The maximum atomic E-state index is 12.4. The number of alkyl halides is 2. The van der Waals surface area contributed by atoms with Gasteiger partial charge in [-0.25, -0.2) is 18.4 Å². The number of nitrogens with zero attached hydrogens (tertiary/aromatic N) is 4.